The van der Waals surface area contributed by atoms with Gasteiger partial charge in [0, 0.05) is 0 Å². The molecule has 1 heterocycles. The van der Waals surface area contributed by atoms with E-state index in [4.69, 9.17) is 0 Å². The Kier molecular flexibility index (Phi) is 3.68. The topological polar surface area (TPSA) is 15.8 Å². The van der Waals surface area contributed by atoms with E-state index >= 15 is 0 Å². The van der Waals surface area contributed by atoms with E-state index in [1.54, 1.807) is 0 Å². The van der Waals surface area contributed by atoms with Crippen molar-refractivity contribution >= 4 is 10.2 Å². The minimum atomic E-state index is 1.23. The number of aryl methyl sites for hydroxylation is 2. The summed E-state index contributed by atoms with van der Waals surface area (Å²) >= 11 is 2.67. The molecule has 0 saturated carbocycles. The van der Waals surface area contributed by atoms with Crippen molar-refractivity contribution in [1.82, 2.24) is 4.98 Å². The van der Waals surface area contributed by atoms with Gasteiger partial charge in [-0.1, -0.05) is 0 Å². The van der Waals surface area contributed by atoms with Gasteiger partial charge in [-0.15, -0.1) is 0 Å². The fourth-order valence-corrected chi connectivity index (χ4v) is 1.80. The second kappa shape index (κ2) is 4.57. The second-order valence-electron chi connectivity index (χ2n) is 2.98. The zero-order valence-corrected chi connectivity index (χ0v) is 9.90. The molecule has 0 radical (unpaired) electrons. The summed E-state index contributed by atoms with van der Waals surface area (Å²) in [5.74, 6) is 0. The van der Waals surface area contributed by atoms with Gasteiger partial charge in [-0.05, 0) is 0 Å². The standard InChI is InChI=1S/C11H14N.Ru/c1-4-5-6-7-11-8-9(2)12-10(11)3;/h4-7,12H,1-3H3;. The first kappa shape index (κ1) is 10.5. The number of aromatic amines is 1. The van der Waals surface area contributed by atoms with Gasteiger partial charge < -0.3 is 0 Å². The van der Waals surface area contributed by atoms with Crippen molar-refractivity contribution in [3.05, 3.63) is 35.2 Å². The van der Waals surface area contributed by atoms with E-state index in [1.165, 1.54) is 21.1 Å². The molecule has 0 aliphatic carbocycles. The van der Waals surface area contributed by atoms with Gasteiger partial charge in [0.05, 0.1) is 0 Å². The summed E-state index contributed by atoms with van der Waals surface area (Å²) in [7, 11) is 0. The van der Waals surface area contributed by atoms with Crippen LogP contribution < -0.4 is 4.16 Å². The average Bonchev–Trinajstić information content (AvgIpc) is 2.32. The Bertz CT molecular complexity index is 345. The molecule has 1 aromatic heterocycles. The molecule has 0 saturated heterocycles. The van der Waals surface area contributed by atoms with E-state index in [1.807, 2.05) is 19.1 Å². The van der Waals surface area contributed by atoms with E-state index in [9.17, 15) is 0 Å². The molecule has 1 rings (SSSR count). The zero-order valence-electron chi connectivity index (χ0n) is 8.16. The Morgan fingerprint density at radius 1 is 1.15 bits per heavy atom. The van der Waals surface area contributed by atoms with Crippen LogP contribution in [0.1, 0.15) is 23.9 Å². The molecule has 0 aliphatic heterocycles. The maximum atomic E-state index is 3.31. The summed E-state index contributed by atoms with van der Waals surface area (Å²) in [5, 5.41) is 0. The Labute approximate surface area is 89.6 Å². The van der Waals surface area contributed by atoms with Gasteiger partial charge >= 0.3 is 89.5 Å². The Morgan fingerprint density at radius 3 is 2.31 bits per heavy atom. The van der Waals surface area contributed by atoms with E-state index in [0.717, 1.165) is 0 Å². The molecule has 0 amide bonds. The molecule has 1 N–H and O–H groups in total. The number of hydrogen-bond donors (Lipinski definition) is 1. The SMILES string of the molecule is CC=CC=Cc1c(C)[nH]c(C)[c]1[Ru]. The molecule has 0 aliphatic rings. The van der Waals surface area contributed by atoms with Crippen molar-refractivity contribution in [1.29, 1.82) is 0 Å². The van der Waals surface area contributed by atoms with Crippen LogP contribution in [0.15, 0.2) is 18.2 Å². The van der Waals surface area contributed by atoms with Crippen LogP contribution in [0.25, 0.3) is 6.08 Å². The van der Waals surface area contributed by atoms with Crippen LogP contribution in [0.5, 0.6) is 0 Å². The summed E-state index contributed by atoms with van der Waals surface area (Å²) in [6, 6.07) is 0. The molecular weight excluding hydrogens is 247 g/mol. The van der Waals surface area contributed by atoms with Crippen LogP contribution in [0.4, 0.5) is 0 Å². The molecule has 13 heavy (non-hydrogen) atoms. The van der Waals surface area contributed by atoms with Crippen LogP contribution in [-0.2, 0) is 18.3 Å². The predicted molar refractivity (Wildman–Crippen MR) is 53.7 cm³/mol. The molecule has 0 atom stereocenters. The third-order valence-electron chi connectivity index (χ3n) is 1.90. The van der Waals surface area contributed by atoms with Crippen LogP contribution in [0.3, 0.4) is 0 Å². The van der Waals surface area contributed by atoms with E-state index in [-0.39, 0.29) is 0 Å². The molecule has 0 fully saturated rings. The molecule has 0 spiro atoms. The van der Waals surface area contributed by atoms with Crippen molar-refractivity contribution in [3.8, 4) is 0 Å². The summed E-state index contributed by atoms with van der Waals surface area (Å²) in [4.78, 5) is 3.31. The van der Waals surface area contributed by atoms with Gasteiger partial charge in [0.1, 0.15) is 0 Å². The second-order valence-corrected chi connectivity index (χ2v) is 3.84. The Hall–Kier alpha value is -0.617. The van der Waals surface area contributed by atoms with Crippen LogP contribution >= 0.6 is 0 Å². The van der Waals surface area contributed by atoms with Gasteiger partial charge in [-0.3, -0.25) is 0 Å². The number of allylic oxidation sites excluding steroid dienone is 3. The molecule has 1 nitrogen and oxygen atoms in total. The number of rotatable bonds is 2. The fourth-order valence-electron chi connectivity index (χ4n) is 1.22. The molecule has 0 aromatic carbocycles. The van der Waals surface area contributed by atoms with Gasteiger partial charge in [0.2, 0.25) is 0 Å². The van der Waals surface area contributed by atoms with Gasteiger partial charge in [0.15, 0.2) is 0 Å². The fraction of sp³-hybridized carbons (Fsp3) is 0.273. The molecule has 0 unspecified atom stereocenters. The molecule has 2 heteroatoms. The summed E-state index contributed by atoms with van der Waals surface area (Å²) < 4.78 is 1.28. The molecular formula is C11H14NRu. The number of nitrogens with one attached hydrogen (secondary N) is 1. The normalized spacial score (nSPS) is 12.0. The van der Waals surface area contributed by atoms with Crippen molar-refractivity contribution in [2.24, 2.45) is 0 Å². The van der Waals surface area contributed by atoms with E-state index in [0.29, 0.717) is 0 Å². The summed E-state index contributed by atoms with van der Waals surface area (Å²) in [6.45, 7) is 6.20. The predicted octanol–water partition coefficient (Wildman–Crippen LogP) is 2.39. The molecule has 0 bridgehead atoms. The first-order chi connectivity index (χ1) is 6.16. The Balaban J connectivity index is 3.00. The monoisotopic (exact) mass is 262 g/mol. The average molecular weight is 261 g/mol. The quantitative estimate of drug-likeness (QED) is 0.621. The third kappa shape index (κ3) is 2.41. The van der Waals surface area contributed by atoms with Crippen LogP contribution in [0.2, 0.25) is 0 Å². The number of hydrogen-bond acceptors (Lipinski definition) is 0. The molecule has 71 valence electrons. The van der Waals surface area contributed by atoms with Gasteiger partial charge in [-0.25, -0.2) is 0 Å². The summed E-state index contributed by atoms with van der Waals surface area (Å²) in [6.07, 6.45) is 8.25. The van der Waals surface area contributed by atoms with Crippen molar-refractivity contribution in [3.63, 3.8) is 0 Å². The molecule has 1 aromatic rings. The Morgan fingerprint density at radius 2 is 1.85 bits per heavy atom. The van der Waals surface area contributed by atoms with E-state index in [2.05, 4.69) is 49.3 Å². The first-order valence-corrected chi connectivity index (χ1v) is 5.16. The number of H-pyrrole nitrogens is 1. The van der Waals surface area contributed by atoms with Gasteiger partial charge in [-0.2, -0.15) is 0 Å². The van der Waals surface area contributed by atoms with E-state index < -0.39 is 0 Å². The van der Waals surface area contributed by atoms with Crippen molar-refractivity contribution in [2.45, 2.75) is 20.8 Å². The maximum absolute atomic E-state index is 3.31. The van der Waals surface area contributed by atoms with Crippen LogP contribution in [-0.4, -0.2) is 4.98 Å². The van der Waals surface area contributed by atoms with Crippen molar-refractivity contribution in [2.75, 3.05) is 0 Å². The summed E-state index contributed by atoms with van der Waals surface area (Å²) in [5.41, 5.74) is 3.74. The zero-order chi connectivity index (χ0) is 9.84. The van der Waals surface area contributed by atoms with Crippen LogP contribution in [0, 0.1) is 13.8 Å². The van der Waals surface area contributed by atoms with Crippen molar-refractivity contribution < 1.29 is 18.3 Å². The minimum absolute atomic E-state index is 1.23. The third-order valence-corrected chi connectivity index (χ3v) is 3.02. The van der Waals surface area contributed by atoms with Gasteiger partial charge in [0.25, 0.3) is 0 Å². The number of aromatic nitrogens is 1. The first-order valence-electron chi connectivity index (χ1n) is 4.29.